The number of nitriles is 1. The molecule has 0 spiro atoms. The van der Waals surface area contributed by atoms with Gasteiger partial charge in [0.2, 0.25) is 5.91 Å². The molecule has 1 aromatic carbocycles. The molecule has 0 aromatic heterocycles. The third-order valence-corrected chi connectivity index (χ3v) is 6.69. The van der Waals surface area contributed by atoms with Crippen LogP contribution < -0.4 is 5.32 Å². The molecular weight excluding hydrogens is 345 g/mol. The first-order valence-corrected chi connectivity index (χ1v) is 9.89. The van der Waals surface area contributed by atoms with E-state index in [1.165, 1.54) is 12.1 Å². The number of hydrogen-bond acceptors (Lipinski definition) is 4. The number of aliphatic hydroxyl groups is 1. The van der Waals surface area contributed by atoms with Crippen molar-refractivity contribution in [2.45, 2.75) is 56.2 Å². The summed E-state index contributed by atoms with van der Waals surface area (Å²) >= 11 is 0. The minimum absolute atomic E-state index is 0.0129. The number of carbonyl (C=O) groups excluding carboxylic acids is 1. The first-order valence-electron chi connectivity index (χ1n) is 9.89. The van der Waals surface area contributed by atoms with E-state index in [0.717, 1.165) is 31.2 Å². The van der Waals surface area contributed by atoms with Crippen molar-refractivity contribution in [2.24, 2.45) is 11.8 Å². The Morgan fingerprint density at radius 1 is 1.30 bits per heavy atom. The molecule has 6 heteroatoms. The normalized spacial score (nSPS) is 35.2. The van der Waals surface area contributed by atoms with Crippen molar-refractivity contribution >= 4 is 5.91 Å². The fourth-order valence-electron chi connectivity index (χ4n) is 5.36. The van der Waals surface area contributed by atoms with Gasteiger partial charge in [0.05, 0.1) is 18.2 Å². The fourth-order valence-corrected chi connectivity index (χ4v) is 5.36. The van der Waals surface area contributed by atoms with Gasteiger partial charge >= 0.3 is 0 Å². The topological polar surface area (TPSA) is 76.4 Å². The highest BCUT2D eigenvalue weighted by atomic mass is 19.1. The van der Waals surface area contributed by atoms with Gasteiger partial charge in [0.1, 0.15) is 11.9 Å². The molecule has 5 atom stereocenters. The maximum atomic E-state index is 13.2. The molecule has 144 valence electrons. The second-order valence-electron chi connectivity index (χ2n) is 8.39. The highest BCUT2D eigenvalue weighted by molar-refractivity contribution is 5.79. The minimum atomic E-state index is -0.862. The lowest BCUT2D eigenvalue weighted by atomic mass is 9.89. The summed E-state index contributed by atoms with van der Waals surface area (Å²) in [6.45, 7) is 0.962. The predicted molar refractivity (Wildman–Crippen MR) is 97.9 cm³/mol. The van der Waals surface area contributed by atoms with E-state index in [0.29, 0.717) is 31.2 Å². The van der Waals surface area contributed by atoms with E-state index in [-0.39, 0.29) is 30.4 Å². The number of rotatable bonds is 4. The van der Waals surface area contributed by atoms with Crippen molar-refractivity contribution in [3.8, 4) is 6.07 Å². The van der Waals surface area contributed by atoms with Crippen LogP contribution in [-0.4, -0.2) is 41.1 Å². The maximum Gasteiger partial charge on any atom is 0.237 e. The molecule has 2 saturated carbocycles. The average molecular weight is 371 g/mol. The van der Waals surface area contributed by atoms with E-state index >= 15 is 0 Å². The first-order chi connectivity index (χ1) is 13.0. The van der Waals surface area contributed by atoms with Crippen molar-refractivity contribution in [1.29, 1.82) is 5.26 Å². The summed E-state index contributed by atoms with van der Waals surface area (Å²) in [5.74, 6) is 0.572. The lowest BCUT2D eigenvalue weighted by molar-refractivity contribution is -0.130. The molecule has 0 bridgehead atoms. The zero-order valence-electron chi connectivity index (χ0n) is 15.4. The summed E-state index contributed by atoms with van der Waals surface area (Å²) < 4.78 is 13.2. The van der Waals surface area contributed by atoms with Gasteiger partial charge < -0.3 is 15.3 Å². The van der Waals surface area contributed by atoms with E-state index in [1.54, 1.807) is 17.0 Å². The van der Waals surface area contributed by atoms with Crippen LogP contribution >= 0.6 is 0 Å². The summed E-state index contributed by atoms with van der Waals surface area (Å²) in [7, 11) is 0. The molecule has 3 fully saturated rings. The van der Waals surface area contributed by atoms with Gasteiger partial charge in [-0.15, -0.1) is 0 Å². The number of nitrogens with zero attached hydrogens (tertiary/aromatic N) is 2. The maximum absolute atomic E-state index is 13.2. The lowest BCUT2D eigenvalue weighted by Crippen LogP contribution is -2.43. The number of hydrogen-bond donors (Lipinski definition) is 2. The molecule has 1 amide bonds. The highest BCUT2D eigenvalue weighted by Gasteiger charge is 2.49. The third-order valence-electron chi connectivity index (χ3n) is 6.69. The second-order valence-corrected chi connectivity index (χ2v) is 8.39. The molecule has 1 saturated heterocycles. The van der Waals surface area contributed by atoms with Crippen LogP contribution in [0.2, 0.25) is 0 Å². The van der Waals surface area contributed by atoms with Gasteiger partial charge in [-0.3, -0.25) is 4.79 Å². The third kappa shape index (κ3) is 3.59. The average Bonchev–Trinajstić information content (AvgIpc) is 3.33. The van der Waals surface area contributed by atoms with E-state index in [4.69, 9.17) is 5.26 Å². The number of halogens is 1. The second kappa shape index (κ2) is 7.21. The van der Waals surface area contributed by atoms with Crippen molar-refractivity contribution < 1.29 is 14.3 Å². The van der Waals surface area contributed by atoms with Crippen molar-refractivity contribution in [1.82, 2.24) is 10.2 Å². The number of benzene rings is 1. The number of carbonyl (C=O) groups is 1. The van der Waals surface area contributed by atoms with Crippen LogP contribution in [0.1, 0.15) is 44.1 Å². The summed E-state index contributed by atoms with van der Waals surface area (Å²) in [6.07, 6.45) is 4.96. The zero-order valence-corrected chi connectivity index (χ0v) is 15.4. The Morgan fingerprint density at radius 2 is 1.96 bits per heavy atom. The summed E-state index contributed by atoms with van der Waals surface area (Å²) in [6, 6.07) is 8.41. The molecule has 2 aliphatic carbocycles. The minimum Gasteiger partial charge on any atom is -0.385 e. The zero-order chi connectivity index (χ0) is 19.0. The molecule has 3 aliphatic rings. The molecule has 1 heterocycles. The van der Waals surface area contributed by atoms with Gasteiger partial charge in [-0.05, 0) is 68.1 Å². The van der Waals surface area contributed by atoms with Crippen LogP contribution in [0.15, 0.2) is 24.3 Å². The van der Waals surface area contributed by atoms with Gasteiger partial charge in [0.15, 0.2) is 0 Å². The standard InChI is InChI=1S/C21H26FN3O2/c22-17-5-3-16(4-6-17)21(27)10-14-8-18(9-15(14)11-21)24-13-20(26)25-7-1-2-19(25)12-23/h3-6,14-15,18-19,24,27H,1-2,7-11,13H2/t14-,15+,18?,19-,21-/m0/s1. The Balaban J connectivity index is 1.29. The quantitative estimate of drug-likeness (QED) is 0.852. The fraction of sp³-hybridized carbons (Fsp3) is 0.619. The predicted octanol–water partition coefficient (Wildman–Crippen LogP) is 2.31. The molecular formula is C21H26FN3O2. The summed E-state index contributed by atoms with van der Waals surface area (Å²) in [5.41, 5.74) is -0.0612. The van der Waals surface area contributed by atoms with E-state index in [1.807, 2.05) is 0 Å². The van der Waals surface area contributed by atoms with Gasteiger partial charge in [0.25, 0.3) is 0 Å². The number of fused-ring (bicyclic) bond motifs is 1. The van der Waals surface area contributed by atoms with Gasteiger partial charge in [0, 0.05) is 12.6 Å². The van der Waals surface area contributed by atoms with E-state index in [2.05, 4.69) is 11.4 Å². The molecule has 1 unspecified atom stereocenters. The van der Waals surface area contributed by atoms with Gasteiger partial charge in [-0.2, -0.15) is 5.26 Å². The van der Waals surface area contributed by atoms with Crippen LogP contribution in [0.5, 0.6) is 0 Å². The Kier molecular flexibility index (Phi) is 4.92. The van der Waals surface area contributed by atoms with Crippen molar-refractivity contribution in [2.75, 3.05) is 13.1 Å². The molecule has 1 aromatic rings. The Morgan fingerprint density at radius 3 is 2.59 bits per heavy atom. The Labute approximate surface area is 159 Å². The van der Waals surface area contributed by atoms with Crippen molar-refractivity contribution in [3.63, 3.8) is 0 Å². The van der Waals surface area contributed by atoms with E-state index < -0.39 is 5.60 Å². The van der Waals surface area contributed by atoms with Crippen LogP contribution in [0.3, 0.4) is 0 Å². The summed E-state index contributed by atoms with van der Waals surface area (Å²) in [5, 5.41) is 23.5. The number of nitrogens with one attached hydrogen (secondary N) is 1. The molecule has 0 radical (unpaired) electrons. The van der Waals surface area contributed by atoms with Gasteiger partial charge in [-0.25, -0.2) is 4.39 Å². The molecule has 1 aliphatic heterocycles. The summed E-state index contributed by atoms with van der Waals surface area (Å²) in [4.78, 5) is 14.1. The molecule has 27 heavy (non-hydrogen) atoms. The number of likely N-dealkylation sites (tertiary alicyclic amines) is 1. The Bertz CT molecular complexity index is 731. The SMILES string of the molecule is N#C[C@@H]1CCCN1C(=O)CNC1C[C@@H]2C[C@](O)(c3ccc(F)cc3)C[C@@H]2C1. The van der Waals surface area contributed by atoms with Crippen LogP contribution in [0.25, 0.3) is 0 Å². The molecule has 2 N–H and O–H groups in total. The number of amides is 1. The highest BCUT2D eigenvalue weighted by Crippen LogP contribution is 2.52. The van der Waals surface area contributed by atoms with Crippen molar-refractivity contribution in [3.05, 3.63) is 35.6 Å². The molecule has 5 nitrogen and oxygen atoms in total. The van der Waals surface area contributed by atoms with Crippen LogP contribution in [0.4, 0.5) is 4.39 Å². The first kappa shape index (κ1) is 18.4. The Hall–Kier alpha value is -1.97. The smallest absolute Gasteiger partial charge is 0.237 e. The largest absolute Gasteiger partial charge is 0.385 e. The van der Waals surface area contributed by atoms with Crippen LogP contribution in [-0.2, 0) is 10.4 Å². The lowest BCUT2D eigenvalue weighted by Gasteiger charge is -2.26. The monoisotopic (exact) mass is 371 g/mol. The van der Waals surface area contributed by atoms with Gasteiger partial charge in [-0.1, -0.05) is 12.1 Å². The van der Waals surface area contributed by atoms with E-state index in [9.17, 15) is 14.3 Å². The molecule has 4 rings (SSSR count). The van der Waals surface area contributed by atoms with Crippen LogP contribution in [0, 0.1) is 29.0 Å².